The molecular formula is C18H28N6O. The summed E-state index contributed by atoms with van der Waals surface area (Å²) in [7, 11) is 4.13. The molecule has 1 saturated heterocycles. The van der Waals surface area contributed by atoms with Gasteiger partial charge in [0, 0.05) is 32.0 Å². The number of aromatic nitrogens is 4. The summed E-state index contributed by atoms with van der Waals surface area (Å²) in [6, 6.07) is 2.65. The second-order valence-corrected chi connectivity index (χ2v) is 7.22. The molecule has 1 amide bonds. The highest BCUT2D eigenvalue weighted by atomic mass is 16.1. The molecule has 2 aromatic rings. The van der Waals surface area contributed by atoms with E-state index in [1.54, 1.807) is 6.33 Å². The molecule has 1 N–H and O–H groups in total. The van der Waals surface area contributed by atoms with Crippen molar-refractivity contribution in [2.45, 2.75) is 38.8 Å². The number of carbonyl (C=O) groups is 1. The predicted octanol–water partition coefficient (Wildman–Crippen LogP) is 2.01. The van der Waals surface area contributed by atoms with Crippen LogP contribution in [-0.4, -0.2) is 50.3 Å². The Bertz CT molecular complexity index is 719. The zero-order chi connectivity index (χ0) is 18.0. The summed E-state index contributed by atoms with van der Waals surface area (Å²) in [6.45, 7) is 5.85. The number of amides is 1. The van der Waals surface area contributed by atoms with E-state index in [0.29, 0.717) is 24.2 Å². The van der Waals surface area contributed by atoms with Crippen molar-refractivity contribution >= 4 is 5.91 Å². The van der Waals surface area contributed by atoms with Gasteiger partial charge in [-0.05, 0) is 52.3 Å². The maximum atomic E-state index is 12.4. The van der Waals surface area contributed by atoms with Crippen LogP contribution in [0.3, 0.4) is 0 Å². The van der Waals surface area contributed by atoms with Crippen LogP contribution in [-0.2, 0) is 7.05 Å². The van der Waals surface area contributed by atoms with Crippen molar-refractivity contribution in [1.82, 2.24) is 29.5 Å². The number of nitrogens with one attached hydrogen (secondary N) is 1. The number of nitrogens with zero attached hydrogens (tertiary/aromatic N) is 5. The molecule has 2 aromatic heterocycles. The number of imidazole rings is 1. The Kier molecular flexibility index (Phi) is 5.22. The lowest BCUT2D eigenvalue weighted by Crippen LogP contribution is -2.42. The molecule has 3 rings (SSSR count). The Morgan fingerprint density at radius 3 is 2.84 bits per heavy atom. The van der Waals surface area contributed by atoms with E-state index >= 15 is 0 Å². The third kappa shape index (κ3) is 3.76. The Morgan fingerprint density at radius 1 is 1.40 bits per heavy atom. The highest BCUT2D eigenvalue weighted by Gasteiger charge is 2.32. The first-order valence-corrected chi connectivity index (χ1v) is 8.97. The van der Waals surface area contributed by atoms with Crippen LogP contribution >= 0.6 is 0 Å². The van der Waals surface area contributed by atoms with E-state index in [-0.39, 0.29) is 11.9 Å². The lowest BCUT2D eigenvalue weighted by Gasteiger charge is -2.39. The van der Waals surface area contributed by atoms with E-state index in [4.69, 9.17) is 0 Å². The van der Waals surface area contributed by atoms with Crippen LogP contribution in [0.1, 0.15) is 55.0 Å². The minimum Gasteiger partial charge on any atom is -0.350 e. The van der Waals surface area contributed by atoms with Crippen LogP contribution in [0, 0.1) is 5.92 Å². The largest absolute Gasteiger partial charge is 0.350 e. The molecule has 0 saturated carbocycles. The molecular weight excluding hydrogens is 316 g/mol. The van der Waals surface area contributed by atoms with Gasteiger partial charge in [0.15, 0.2) is 0 Å². The van der Waals surface area contributed by atoms with E-state index < -0.39 is 0 Å². The molecule has 25 heavy (non-hydrogen) atoms. The van der Waals surface area contributed by atoms with Gasteiger partial charge >= 0.3 is 0 Å². The van der Waals surface area contributed by atoms with Crippen molar-refractivity contribution in [3.8, 4) is 0 Å². The Labute approximate surface area is 149 Å². The molecule has 1 aliphatic rings. The van der Waals surface area contributed by atoms with E-state index in [9.17, 15) is 4.79 Å². The summed E-state index contributed by atoms with van der Waals surface area (Å²) in [4.78, 5) is 19.0. The monoisotopic (exact) mass is 344 g/mol. The van der Waals surface area contributed by atoms with Crippen LogP contribution in [0.2, 0.25) is 0 Å². The molecule has 1 aliphatic heterocycles. The Hall–Kier alpha value is -2.15. The fraction of sp³-hybridized carbons (Fsp3) is 0.611. The summed E-state index contributed by atoms with van der Waals surface area (Å²) in [5.41, 5.74) is 1.68. The molecule has 0 aromatic carbocycles. The first-order valence-electron chi connectivity index (χ1n) is 8.97. The first-order chi connectivity index (χ1) is 12.0. The number of piperidine rings is 1. The maximum absolute atomic E-state index is 12.4. The van der Waals surface area contributed by atoms with E-state index in [0.717, 1.165) is 19.4 Å². The standard InChI is InChI=1S/C18H28N6O/c1-13(2)24-11-15(20-12-24)18(25)19-10-14-6-5-9-22(3)17(14)16-7-8-21-23(16)4/h7-8,11-14,17H,5-6,9-10H2,1-4H3,(H,19,25)/t14-,17+/m0/s1. The van der Waals surface area contributed by atoms with Crippen molar-refractivity contribution in [2.75, 3.05) is 20.1 Å². The average molecular weight is 344 g/mol. The molecule has 1 fully saturated rings. The summed E-state index contributed by atoms with van der Waals surface area (Å²) in [5.74, 6) is 0.265. The number of hydrogen-bond acceptors (Lipinski definition) is 4. The molecule has 2 atom stereocenters. The zero-order valence-electron chi connectivity index (χ0n) is 15.5. The third-order valence-corrected chi connectivity index (χ3v) is 5.12. The predicted molar refractivity (Wildman–Crippen MR) is 96.2 cm³/mol. The van der Waals surface area contributed by atoms with Gasteiger partial charge in [0.25, 0.3) is 5.91 Å². The van der Waals surface area contributed by atoms with E-state index in [2.05, 4.69) is 47.3 Å². The SMILES string of the molecule is CC(C)n1cnc(C(=O)NC[C@@H]2CCCN(C)[C@H]2c2ccnn2C)c1. The van der Waals surface area contributed by atoms with Crippen LogP contribution in [0.5, 0.6) is 0 Å². The maximum Gasteiger partial charge on any atom is 0.271 e. The molecule has 0 aliphatic carbocycles. The molecule has 0 radical (unpaired) electrons. The lowest BCUT2D eigenvalue weighted by molar-refractivity contribution is 0.0876. The van der Waals surface area contributed by atoms with Gasteiger partial charge in [-0.25, -0.2) is 4.98 Å². The van der Waals surface area contributed by atoms with Gasteiger partial charge in [-0.15, -0.1) is 0 Å². The van der Waals surface area contributed by atoms with Crippen molar-refractivity contribution in [3.05, 3.63) is 36.2 Å². The van der Waals surface area contributed by atoms with E-state index in [1.165, 1.54) is 5.69 Å². The molecule has 7 nitrogen and oxygen atoms in total. The minimum absolute atomic E-state index is 0.101. The fourth-order valence-corrected chi connectivity index (χ4v) is 3.67. The summed E-state index contributed by atoms with van der Waals surface area (Å²) in [6.07, 6.45) is 7.61. The molecule has 136 valence electrons. The van der Waals surface area contributed by atoms with Gasteiger partial charge in [0.2, 0.25) is 0 Å². The minimum atomic E-state index is -0.101. The Morgan fingerprint density at radius 2 is 2.20 bits per heavy atom. The lowest BCUT2D eigenvalue weighted by atomic mass is 9.87. The van der Waals surface area contributed by atoms with Crippen LogP contribution in [0.4, 0.5) is 0 Å². The van der Waals surface area contributed by atoms with E-state index in [1.807, 2.05) is 28.7 Å². The third-order valence-electron chi connectivity index (χ3n) is 5.12. The number of carbonyl (C=O) groups excluding carboxylic acids is 1. The van der Waals surface area contributed by atoms with Crippen LogP contribution in [0.25, 0.3) is 0 Å². The van der Waals surface area contributed by atoms with Gasteiger partial charge < -0.3 is 9.88 Å². The topological polar surface area (TPSA) is 68.0 Å². The number of rotatable bonds is 5. The molecule has 7 heteroatoms. The van der Waals surface area contributed by atoms with Crippen LogP contribution < -0.4 is 5.32 Å². The second-order valence-electron chi connectivity index (χ2n) is 7.22. The van der Waals surface area contributed by atoms with Crippen molar-refractivity contribution in [3.63, 3.8) is 0 Å². The highest BCUT2D eigenvalue weighted by molar-refractivity contribution is 5.92. The van der Waals surface area contributed by atoms with Crippen molar-refractivity contribution in [2.24, 2.45) is 13.0 Å². The molecule has 0 unspecified atom stereocenters. The molecule has 0 spiro atoms. The quantitative estimate of drug-likeness (QED) is 0.901. The normalized spacial score (nSPS) is 21.6. The second kappa shape index (κ2) is 7.39. The first kappa shape index (κ1) is 17.7. The van der Waals surface area contributed by atoms with Crippen molar-refractivity contribution < 1.29 is 4.79 Å². The zero-order valence-corrected chi connectivity index (χ0v) is 15.5. The Balaban J connectivity index is 1.67. The van der Waals surface area contributed by atoms with Gasteiger partial charge in [-0.1, -0.05) is 0 Å². The molecule has 3 heterocycles. The average Bonchev–Trinajstić information content (AvgIpc) is 3.22. The molecule has 0 bridgehead atoms. The fourth-order valence-electron chi connectivity index (χ4n) is 3.67. The van der Waals surface area contributed by atoms with Gasteiger partial charge in [-0.2, -0.15) is 5.10 Å². The van der Waals surface area contributed by atoms with Gasteiger partial charge in [0.05, 0.1) is 18.1 Å². The smallest absolute Gasteiger partial charge is 0.271 e. The highest BCUT2D eigenvalue weighted by Crippen LogP contribution is 2.34. The number of likely N-dealkylation sites (tertiary alicyclic amines) is 1. The van der Waals surface area contributed by atoms with Gasteiger partial charge in [0.1, 0.15) is 5.69 Å². The summed E-state index contributed by atoms with van der Waals surface area (Å²) < 4.78 is 3.88. The van der Waals surface area contributed by atoms with Gasteiger partial charge in [-0.3, -0.25) is 14.4 Å². The van der Waals surface area contributed by atoms with Crippen molar-refractivity contribution in [1.29, 1.82) is 0 Å². The number of hydrogen-bond donors (Lipinski definition) is 1. The van der Waals surface area contributed by atoms with Crippen LogP contribution in [0.15, 0.2) is 24.8 Å². The summed E-state index contributed by atoms with van der Waals surface area (Å²) in [5, 5.41) is 7.39. The number of aryl methyl sites for hydroxylation is 1. The summed E-state index contributed by atoms with van der Waals surface area (Å²) >= 11 is 0.